The minimum atomic E-state index is -0.964. The Hall–Kier alpha value is -1.78. The van der Waals surface area contributed by atoms with Gasteiger partial charge in [0.25, 0.3) is 0 Å². The molecule has 0 aliphatic carbocycles. The van der Waals surface area contributed by atoms with Gasteiger partial charge in [-0.15, -0.1) is 0 Å². The first-order valence-corrected chi connectivity index (χ1v) is 6.18. The van der Waals surface area contributed by atoms with Crippen LogP contribution in [0, 0.1) is 0 Å². The molecule has 0 aliphatic heterocycles. The molecular weight excluding hydrogens is 266 g/mol. The fourth-order valence-corrected chi connectivity index (χ4v) is 2.15. The van der Waals surface area contributed by atoms with Crippen molar-refractivity contribution >= 4 is 17.6 Å². The van der Waals surface area contributed by atoms with Crippen molar-refractivity contribution in [2.45, 2.75) is 6.54 Å². The van der Waals surface area contributed by atoms with Crippen LogP contribution in [-0.4, -0.2) is 29.4 Å². The fraction of sp³-hybridized carbons (Fsp3) is 0.214. The van der Waals surface area contributed by atoms with Crippen molar-refractivity contribution in [3.05, 3.63) is 47.2 Å². The van der Waals surface area contributed by atoms with Crippen LogP contribution in [0.1, 0.15) is 10.5 Å². The number of hydrogen-bond donors (Lipinski definition) is 1. The predicted octanol–water partition coefficient (Wildman–Crippen LogP) is 3.15. The fourth-order valence-electron chi connectivity index (χ4n) is 1.91. The average molecular weight is 280 g/mol. The summed E-state index contributed by atoms with van der Waals surface area (Å²) in [5.74, 6) is -0.964. The van der Waals surface area contributed by atoms with Crippen LogP contribution in [0.3, 0.4) is 0 Å². The van der Waals surface area contributed by atoms with E-state index in [4.69, 9.17) is 16.3 Å². The third-order valence-corrected chi connectivity index (χ3v) is 3.17. The normalized spacial score (nSPS) is 10.6. The van der Waals surface area contributed by atoms with Crippen molar-refractivity contribution in [1.29, 1.82) is 0 Å². The molecule has 0 atom stereocenters. The molecule has 2 rings (SSSR count). The number of nitrogens with zero attached hydrogens (tertiary/aromatic N) is 1. The lowest BCUT2D eigenvalue weighted by Gasteiger charge is -2.04. The average Bonchev–Trinajstić information content (AvgIpc) is 2.81. The molecule has 100 valence electrons. The summed E-state index contributed by atoms with van der Waals surface area (Å²) in [6.07, 6.45) is 1.78. The minimum Gasteiger partial charge on any atom is -0.477 e. The Morgan fingerprint density at radius 1 is 1.42 bits per heavy atom. The van der Waals surface area contributed by atoms with E-state index in [9.17, 15) is 9.90 Å². The van der Waals surface area contributed by atoms with Crippen molar-refractivity contribution in [3.8, 4) is 11.1 Å². The molecule has 0 saturated heterocycles. The van der Waals surface area contributed by atoms with Crippen molar-refractivity contribution in [2.24, 2.45) is 0 Å². The van der Waals surface area contributed by atoms with E-state index in [1.807, 2.05) is 18.2 Å². The molecule has 0 amide bonds. The van der Waals surface area contributed by atoms with Crippen molar-refractivity contribution < 1.29 is 14.6 Å². The maximum absolute atomic E-state index is 11.2. The van der Waals surface area contributed by atoms with Crippen LogP contribution in [0.2, 0.25) is 5.02 Å². The molecule has 0 saturated carbocycles. The van der Waals surface area contributed by atoms with Gasteiger partial charge in [-0.25, -0.2) is 4.79 Å². The van der Waals surface area contributed by atoms with Gasteiger partial charge in [-0.05, 0) is 12.1 Å². The Labute approximate surface area is 116 Å². The van der Waals surface area contributed by atoms with Gasteiger partial charge < -0.3 is 14.4 Å². The molecule has 0 fully saturated rings. The SMILES string of the molecule is COCCn1cc(-c2ccccc2Cl)cc1C(=O)O. The van der Waals surface area contributed by atoms with E-state index in [0.717, 1.165) is 11.1 Å². The molecule has 1 N–H and O–H groups in total. The molecule has 4 nitrogen and oxygen atoms in total. The number of ether oxygens (including phenoxy) is 1. The third-order valence-electron chi connectivity index (χ3n) is 2.84. The summed E-state index contributed by atoms with van der Waals surface area (Å²) < 4.78 is 6.64. The molecule has 5 heteroatoms. The molecule has 0 spiro atoms. The summed E-state index contributed by atoms with van der Waals surface area (Å²) in [6.45, 7) is 0.944. The predicted molar refractivity (Wildman–Crippen MR) is 73.7 cm³/mol. The largest absolute Gasteiger partial charge is 0.477 e. The van der Waals surface area contributed by atoms with E-state index in [0.29, 0.717) is 18.2 Å². The summed E-state index contributed by atoms with van der Waals surface area (Å²) in [7, 11) is 1.58. The highest BCUT2D eigenvalue weighted by Crippen LogP contribution is 2.29. The topological polar surface area (TPSA) is 51.5 Å². The number of carboxylic acids is 1. The first-order valence-electron chi connectivity index (χ1n) is 5.81. The van der Waals surface area contributed by atoms with Gasteiger partial charge in [0.1, 0.15) is 5.69 Å². The second kappa shape index (κ2) is 5.91. The van der Waals surface area contributed by atoms with Gasteiger partial charge in [0.05, 0.1) is 6.61 Å². The first-order chi connectivity index (χ1) is 9.13. The van der Waals surface area contributed by atoms with Crippen LogP contribution in [0.25, 0.3) is 11.1 Å². The minimum absolute atomic E-state index is 0.229. The molecule has 1 aromatic carbocycles. The van der Waals surface area contributed by atoms with Gasteiger partial charge in [-0.2, -0.15) is 0 Å². The van der Waals surface area contributed by atoms with Crippen LogP contribution < -0.4 is 0 Å². The van der Waals surface area contributed by atoms with E-state index >= 15 is 0 Å². The lowest BCUT2D eigenvalue weighted by Crippen LogP contribution is -2.10. The Kier molecular flexibility index (Phi) is 4.24. The molecule has 1 heterocycles. The number of carboxylic acid groups (broad SMARTS) is 1. The molecule has 0 radical (unpaired) electrons. The zero-order chi connectivity index (χ0) is 13.8. The van der Waals surface area contributed by atoms with Gasteiger partial charge in [0, 0.05) is 36.0 Å². The van der Waals surface area contributed by atoms with Crippen molar-refractivity contribution in [3.63, 3.8) is 0 Å². The van der Waals surface area contributed by atoms with Gasteiger partial charge in [-0.1, -0.05) is 29.8 Å². The van der Waals surface area contributed by atoms with Crippen molar-refractivity contribution in [1.82, 2.24) is 4.57 Å². The maximum atomic E-state index is 11.2. The number of halogens is 1. The molecule has 19 heavy (non-hydrogen) atoms. The Bertz CT molecular complexity index is 592. The number of aromatic carboxylic acids is 1. The van der Waals surface area contributed by atoms with Gasteiger partial charge in [0.2, 0.25) is 0 Å². The summed E-state index contributed by atoms with van der Waals surface area (Å²) in [4.78, 5) is 11.2. The van der Waals surface area contributed by atoms with Crippen LogP contribution in [0.5, 0.6) is 0 Å². The lowest BCUT2D eigenvalue weighted by atomic mass is 10.1. The zero-order valence-electron chi connectivity index (χ0n) is 10.5. The lowest BCUT2D eigenvalue weighted by molar-refractivity contribution is 0.0682. The molecule has 1 aromatic heterocycles. The summed E-state index contributed by atoms with van der Waals surface area (Å²) in [5, 5.41) is 9.80. The van der Waals surface area contributed by atoms with Gasteiger partial charge in [-0.3, -0.25) is 0 Å². The number of carbonyl (C=O) groups is 1. The highest BCUT2D eigenvalue weighted by molar-refractivity contribution is 6.33. The van der Waals surface area contributed by atoms with E-state index in [1.54, 1.807) is 30.0 Å². The maximum Gasteiger partial charge on any atom is 0.352 e. The second-order valence-corrected chi connectivity index (χ2v) is 4.49. The highest BCUT2D eigenvalue weighted by Gasteiger charge is 2.14. The quantitative estimate of drug-likeness (QED) is 0.915. The van der Waals surface area contributed by atoms with Crippen LogP contribution >= 0.6 is 11.6 Å². The molecule has 0 aliphatic rings. The standard InChI is InChI=1S/C14H14ClNO3/c1-19-7-6-16-9-10(8-13(16)14(17)18)11-4-2-3-5-12(11)15/h2-5,8-9H,6-7H2,1H3,(H,17,18). The molecule has 0 unspecified atom stereocenters. The zero-order valence-corrected chi connectivity index (χ0v) is 11.2. The summed E-state index contributed by atoms with van der Waals surface area (Å²) in [6, 6.07) is 8.98. The Morgan fingerprint density at radius 3 is 2.79 bits per heavy atom. The number of benzene rings is 1. The highest BCUT2D eigenvalue weighted by atomic mass is 35.5. The van der Waals surface area contributed by atoms with Crippen molar-refractivity contribution in [2.75, 3.05) is 13.7 Å². The van der Waals surface area contributed by atoms with E-state index < -0.39 is 5.97 Å². The van der Waals surface area contributed by atoms with Gasteiger partial charge in [0.15, 0.2) is 0 Å². The van der Waals surface area contributed by atoms with E-state index in [1.165, 1.54) is 0 Å². The Morgan fingerprint density at radius 2 is 2.16 bits per heavy atom. The smallest absolute Gasteiger partial charge is 0.352 e. The summed E-state index contributed by atoms with van der Waals surface area (Å²) >= 11 is 6.12. The molecule has 0 bridgehead atoms. The number of methoxy groups -OCH3 is 1. The number of rotatable bonds is 5. The first kappa shape index (κ1) is 13.6. The van der Waals surface area contributed by atoms with Crippen LogP contribution in [0.15, 0.2) is 36.5 Å². The number of aromatic nitrogens is 1. The summed E-state index contributed by atoms with van der Waals surface area (Å²) in [5.41, 5.74) is 1.84. The third kappa shape index (κ3) is 2.97. The molecule has 2 aromatic rings. The van der Waals surface area contributed by atoms with Crippen LogP contribution in [0.4, 0.5) is 0 Å². The molecular formula is C14H14ClNO3. The van der Waals surface area contributed by atoms with Gasteiger partial charge >= 0.3 is 5.97 Å². The van der Waals surface area contributed by atoms with E-state index in [2.05, 4.69) is 0 Å². The Balaban J connectivity index is 2.43. The van der Waals surface area contributed by atoms with E-state index in [-0.39, 0.29) is 5.69 Å². The monoisotopic (exact) mass is 279 g/mol. The van der Waals surface area contributed by atoms with Crippen LogP contribution in [-0.2, 0) is 11.3 Å². The number of hydrogen-bond acceptors (Lipinski definition) is 2. The second-order valence-electron chi connectivity index (χ2n) is 4.09.